The lowest BCUT2D eigenvalue weighted by Crippen LogP contribution is -2.21. The highest BCUT2D eigenvalue weighted by molar-refractivity contribution is 9.10. The topological polar surface area (TPSA) is 88.5 Å². The maximum absolute atomic E-state index is 12.3. The lowest BCUT2D eigenvalue weighted by atomic mass is 10.3. The second kappa shape index (κ2) is 6.68. The number of benzene rings is 1. The molecule has 0 bridgehead atoms. The number of para-hydroxylation sites is 1. The standard InChI is InChI=1S/C16H13BrN6O/c1-11-14(17)9-22(21-11)10-15(24)20-16-12(7-18)8-19-23(16)13-5-3-2-4-6-13/h2-6,8-9H,10H2,1H3,(H,20,24). The molecule has 8 heteroatoms. The van der Waals surface area contributed by atoms with Gasteiger partial charge in [-0.05, 0) is 35.0 Å². The van der Waals surface area contributed by atoms with Crippen LogP contribution >= 0.6 is 15.9 Å². The maximum Gasteiger partial charge on any atom is 0.247 e. The Morgan fingerprint density at radius 1 is 1.38 bits per heavy atom. The van der Waals surface area contributed by atoms with E-state index >= 15 is 0 Å². The lowest BCUT2D eigenvalue weighted by Gasteiger charge is -2.09. The van der Waals surface area contributed by atoms with Crippen LogP contribution in [0.4, 0.5) is 5.82 Å². The van der Waals surface area contributed by atoms with Crippen LogP contribution in [0.2, 0.25) is 0 Å². The zero-order chi connectivity index (χ0) is 17.1. The molecule has 7 nitrogen and oxygen atoms in total. The van der Waals surface area contributed by atoms with Gasteiger partial charge in [-0.25, -0.2) is 4.68 Å². The zero-order valence-corrected chi connectivity index (χ0v) is 14.4. The fourth-order valence-electron chi connectivity index (χ4n) is 2.21. The van der Waals surface area contributed by atoms with E-state index in [4.69, 9.17) is 0 Å². The quantitative estimate of drug-likeness (QED) is 0.748. The van der Waals surface area contributed by atoms with Crippen molar-refractivity contribution in [1.29, 1.82) is 5.26 Å². The molecule has 24 heavy (non-hydrogen) atoms. The van der Waals surface area contributed by atoms with Crippen LogP contribution < -0.4 is 5.32 Å². The molecular weight excluding hydrogens is 372 g/mol. The first kappa shape index (κ1) is 16.0. The number of anilines is 1. The zero-order valence-electron chi connectivity index (χ0n) is 12.8. The minimum atomic E-state index is -0.292. The van der Waals surface area contributed by atoms with E-state index < -0.39 is 0 Å². The first-order valence-corrected chi connectivity index (χ1v) is 7.90. The second-order valence-electron chi connectivity index (χ2n) is 5.07. The van der Waals surface area contributed by atoms with Gasteiger partial charge in [0, 0.05) is 6.20 Å². The Bertz CT molecular complexity index is 902. The highest BCUT2D eigenvalue weighted by atomic mass is 79.9. The molecule has 2 aromatic heterocycles. The summed E-state index contributed by atoms with van der Waals surface area (Å²) in [6.45, 7) is 1.88. The van der Waals surface area contributed by atoms with Gasteiger partial charge in [-0.1, -0.05) is 18.2 Å². The molecule has 0 spiro atoms. The number of rotatable bonds is 4. The molecular formula is C16H13BrN6O. The normalized spacial score (nSPS) is 10.4. The van der Waals surface area contributed by atoms with Crippen molar-refractivity contribution in [2.75, 3.05) is 5.32 Å². The molecule has 3 aromatic rings. The summed E-state index contributed by atoms with van der Waals surface area (Å²) in [6.07, 6.45) is 3.16. The summed E-state index contributed by atoms with van der Waals surface area (Å²) >= 11 is 3.36. The summed E-state index contributed by atoms with van der Waals surface area (Å²) < 4.78 is 3.90. The van der Waals surface area contributed by atoms with Crippen LogP contribution in [0.3, 0.4) is 0 Å². The number of hydrogen-bond donors (Lipinski definition) is 1. The molecule has 3 rings (SSSR count). The van der Waals surface area contributed by atoms with Crippen LogP contribution in [0.25, 0.3) is 5.69 Å². The molecule has 2 heterocycles. The molecule has 0 aliphatic rings. The Balaban J connectivity index is 1.85. The molecule has 1 N–H and O–H groups in total. The third-order valence-corrected chi connectivity index (χ3v) is 4.12. The van der Waals surface area contributed by atoms with Crippen LogP contribution in [-0.4, -0.2) is 25.5 Å². The Hall–Kier alpha value is -2.92. The number of nitrogens with one attached hydrogen (secondary N) is 1. The molecule has 1 amide bonds. The SMILES string of the molecule is Cc1nn(CC(=O)Nc2c(C#N)cnn2-c2ccccc2)cc1Br. The molecule has 0 fully saturated rings. The van der Waals surface area contributed by atoms with Gasteiger partial charge in [-0.15, -0.1) is 0 Å². The number of carbonyl (C=O) groups excluding carboxylic acids is 1. The highest BCUT2D eigenvalue weighted by Crippen LogP contribution is 2.20. The van der Waals surface area contributed by atoms with Gasteiger partial charge in [0.1, 0.15) is 18.2 Å². The number of hydrogen-bond acceptors (Lipinski definition) is 4. The van der Waals surface area contributed by atoms with Gasteiger partial charge >= 0.3 is 0 Å². The van der Waals surface area contributed by atoms with Crippen molar-refractivity contribution in [3.8, 4) is 11.8 Å². The van der Waals surface area contributed by atoms with Gasteiger partial charge in [0.05, 0.1) is 22.1 Å². The van der Waals surface area contributed by atoms with Gasteiger partial charge in [0.2, 0.25) is 5.91 Å². The third-order valence-electron chi connectivity index (χ3n) is 3.34. The predicted octanol–water partition coefficient (Wildman–Crippen LogP) is 2.65. The van der Waals surface area contributed by atoms with E-state index in [1.165, 1.54) is 15.6 Å². The van der Waals surface area contributed by atoms with Crippen LogP contribution in [0.5, 0.6) is 0 Å². The van der Waals surface area contributed by atoms with Crippen LogP contribution in [-0.2, 0) is 11.3 Å². The number of aryl methyl sites for hydroxylation is 1. The summed E-state index contributed by atoms with van der Waals surface area (Å²) in [4.78, 5) is 12.3. The molecule has 0 aliphatic carbocycles. The van der Waals surface area contributed by atoms with E-state index in [2.05, 4.69) is 31.4 Å². The van der Waals surface area contributed by atoms with Crippen molar-refractivity contribution in [1.82, 2.24) is 19.6 Å². The van der Waals surface area contributed by atoms with Crippen molar-refractivity contribution in [2.45, 2.75) is 13.5 Å². The third kappa shape index (κ3) is 3.21. The number of amides is 1. The van der Waals surface area contributed by atoms with E-state index in [0.717, 1.165) is 15.9 Å². The fourth-order valence-corrected chi connectivity index (χ4v) is 2.52. The minimum Gasteiger partial charge on any atom is -0.308 e. The summed E-state index contributed by atoms with van der Waals surface area (Å²) in [6, 6.07) is 11.3. The largest absolute Gasteiger partial charge is 0.308 e. The summed E-state index contributed by atoms with van der Waals surface area (Å²) in [7, 11) is 0. The fraction of sp³-hybridized carbons (Fsp3) is 0.125. The molecule has 0 radical (unpaired) electrons. The van der Waals surface area contributed by atoms with E-state index in [9.17, 15) is 10.1 Å². The predicted molar refractivity (Wildman–Crippen MR) is 91.6 cm³/mol. The number of carbonyl (C=O) groups is 1. The number of aromatic nitrogens is 4. The molecule has 0 saturated carbocycles. The first-order chi connectivity index (χ1) is 11.6. The smallest absolute Gasteiger partial charge is 0.247 e. The minimum absolute atomic E-state index is 0.0390. The van der Waals surface area contributed by atoms with Crippen molar-refractivity contribution in [3.05, 3.63) is 58.5 Å². The van der Waals surface area contributed by atoms with E-state index in [0.29, 0.717) is 11.4 Å². The van der Waals surface area contributed by atoms with Crippen LogP contribution in [0.1, 0.15) is 11.3 Å². The van der Waals surface area contributed by atoms with E-state index in [1.54, 1.807) is 6.20 Å². The van der Waals surface area contributed by atoms with E-state index in [1.807, 2.05) is 43.3 Å². The van der Waals surface area contributed by atoms with Crippen molar-refractivity contribution in [2.24, 2.45) is 0 Å². The Morgan fingerprint density at radius 2 is 2.12 bits per heavy atom. The van der Waals surface area contributed by atoms with Crippen LogP contribution in [0.15, 0.2) is 47.2 Å². The summed E-state index contributed by atoms with van der Waals surface area (Å²) in [5, 5.41) is 20.4. The number of halogens is 1. The second-order valence-corrected chi connectivity index (χ2v) is 5.93. The van der Waals surface area contributed by atoms with E-state index in [-0.39, 0.29) is 12.5 Å². The Labute approximate surface area is 146 Å². The molecule has 0 aliphatic heterocycles. The van der Waals surface area contributed by atoms with Gasteiger partial charge < -0.3 is 5.32 Å². The van der Waals surface area contributed by atoms with Gasteiger partial charge in [0.25, 0.3) is 0 Å². The van der Waals surface area contributed by atoms with Crippen molar-refractivity contribution < 1.29 is 4.79 Å². The maximum atomic E-state index is 12.3. The molecule has 0 unspecified atom stereocenters. The molecule has 1 aromatic carbocycles. The van der Waals surface area contributed by atoms with Gasteiger partial charge in [-0.3, -0.25) is 9.48 Å². The van der Waals surface area contributed by atoms with Crippen LogP contribution in [0, 0.1) is 18.3 Å². The summed E-state index contributed by atoms with van der Waals surface area (Å²) in [5.74, 6) is 0.0517. The van der Waals surface area contributed by atoms with Crippen molar-refractivity contribution >= 4 is 27.7 Å². The van der Waals surface area contributed by atoms with Crippen molar-refractivity contribution in [3.63, 3.8) is 0 Å². The monoisotopic (exact) mass is 384 g/mol. The van der Waals surface area contributed by atoms with Gasteiger partial charge in [0.15, 0.2) is 5.82 Å². The first-order valence-electron chi connectivity index (χ1n) is 7.11. The Kier molecular flexibility index (Phi) is 4.44. The molecule has 120 valence electrons. The number of nitriles is 1. The molecule has 0 atom stereocenters. The molecule has 0 saturated heterocycles. The summed E-state index contributed by atoms with van der Waals surface area (Å²) in [5.41, 5.74) is 1.85. The Morgan fingerprint density at radius 3 is 2.75 bits per heavy atom. The average Bonchev–Trinajstić information content (AvgIpc) is 3.11. The van der Waals surface area contributed by atoms with Gasteiger partial charge in [-0.2, -0.15) is 15.5 Å². The number of nitrogens with zero attached hydrogens (tertiary/aromatic N) is 5. The average molecular weight is 385 g/mol. The lowest BCUT2D eigenvalue weighted by molar-refractivity contribution is -0.116. The highest BCUT2D eigenvalue weighted by Gasteiger charge is 2.15.